The molecule has 0 aromatic rings. The maximum absolute atomic E-state index is 12.1. The van der Waals surface area contributed by atoms with Crippen molar-refractivity contribution in [1.82, 2.24) is 5.32 Å². The standard InChI is InChI=1S/C11H15BNO4.CH4/c1-6-11-7(12-2)4-3-5-10(11,8(14)16-6)17-9(15)13-11;/h6-7H,3-5H2,1-2H3,(H,13,15);1H4/t6-,7+,10-,11-;/m1./s1. The zero-order chi connectivity index (χ0) is 12.3. The van der Waals surface area contributed by atoms with E-state index in [0.717, 1.165) is 12.8 Å². The lowest BCUT2D eigenvalue weighted by Crippen LogP contribution is -2.65. The number of esters is 1. The number of ether oxygens (including phenoxy) is 2. The molecule has 3 fully saturated rings. The van der Waals surface area contributed by atoms with Crippen LogP contribution in [-0.4, -0.2) is 36.6 Å². The Morgan fingerprint density at radius 2 is 2.17 bits per heavy atom. The summed E-state index contributed by atoms with van der Waals surface area (Å²) in [5.41, 5.74) is -1.80. The molecule has 5 nitrogen and oxygen atoms in total. The van der Waals surface area contributed by atoms with Crippen molar-refractivity contribution in [1.29, 1.82) is 0 Å². The maximum atomic E-state index is 12.1. The number of amides is 1. The number of rotatable bonds is 1. The van der Waals surface area contributed by atoms with Gasteiger partial charge in [0.25, 0.3) is 0 Å². The van der Waals surface area contributed by atoms with Crippen LogP contribution in [0.5, 0.6) is 0 Å². The Balaban J connectivity index is 0.00000120. The zero-order valence-corrected chi connectivity index (χ0v) is 9.99. The van der Waals surface area contributed by atoms with E-state index in [-0.39, 0.29) is 19.3 Å². The molecule has 1 radical (unpaired) electrons. The summed E-state index contributed by atoms with van der Waals surface area (Å²) in [7, 11) is 2.04. The molecule has 2 saturated heterocycles. The summed E-state index contributed by atoms with van der Waals surface area (Å²) in [6.45, 7) is 3.78. The molecule has 3 aliphatic rings. The predicted octanol–water partition coefficient (Wildman–Crippen LogP) is 1.51. The molecule has 0 unspecified atom stereocenters. The Morgan fingerprint density at radius 1 is 1.44 bits per heavy atom. The molecule has 1 aliphatic carbocycles. The van der Waals surface area contributed by atoms with E-state index < -0.39 is 23.2 Å². The normalized spacial score (nSPS) is 45.0. The highest BCUT2D eigenvalue weighted by atomic mass is 16.6. The quantitative estimate of drug-likeness (QED) is 0.567. The molecule has 18 heavy (non-hydrogen) atoms. The number of alkyl carbamates (subject to hydrolysis) is 1. The van der Waals surface area contributed by atoms with Crippen LogP contribution >= 0.6 is 0 Å². The summed E-state index contributed by atoms with van der Waals surface area (Å²) in [6, 6.07) is 0. The van der Waals surface area contributed by atoms with Crippen LogP contribution in [0, 0.1) is 0 Å². The highest BCUT2D eigenvalue weighted by Crippen LogP contribution is 2.56. The Bertz CT molecular complexity index is 402. The van der Waals surface area contributed by atoms with E-state index >= 15 is 0 Å². The number of cyclic esters (lactones) is 1. The van der Waals surface area contributed by atoms with E-state index in [9.17, 15) is 9.59 Å². The minimum atomic E-state index is -1.10. The third-order valence-electron chi connectivity index (χ3n) is 4.53. The van der Waals surface area contributed by atoms with Crippen LogP contribution in [0.3, 0.4) is 0 Å². The summed E-state index contributed by atoms with van der Waals surface area (Å²) >= 11 is 0. The number of hydrogen-bond donors (Lipinski definition) is 1. The zero-order valence-electron chi connectivity index (χ0n) is 9.99. The fourth-order valence-electron chi connectivity index (χ4n) is 3.81. The molecule has 3 rings (SSSR count). The van der Waals surface area contributed by atoms with E-state index in [1.807, 2.05) is 21.0 Å². The van der Waals surface area contributed by atoms with Gasteiger partial charge in [-0.05, 0) is 19.2 Å². The van der Waals surface area contributed by atoms with Crippen LogP contribution in [0.2, 0.25) is 12.6 Å². The summed E-state index contributed by atoms with van der Waals surface area (Å²) in [5, 5.41) is 2.86. The lowest BCUT2D eigenvalue weighted by molar-refractivity contribution is -0.155. The molecule has 6 heteroatoms. The highest BCUT2D eigenvalue weighted by Gasteiger charge is 2.76. The van der Waals surface area contributed by atoms with Crippen LogP contribution in [-0.2, 0) is 14.3 Å². The van der Waals surface area contributed by atoms with Crippen LogP contribution in [0.1, 0.15) is 33.6 Å². The van der Waals surface area contributed by atoms with Crippen molar-refractivity contribution < 1.29 is 19.1 Å². The second kappa shape index (κ2) is 3.90. The van der Waals surface area contributed by atoms with Crippen LogP contribution < -0.4 is 5.32 Å². The van der Waals surface area contributed by atoms with E-state index in [2.05, 4.69) is 5.32 Å². The van der Waals surface area contributed by atoms with Gasteiger partial charge in [0.1, 0.15) is 18.9 Å². The average molecular weight is 252 g/mol. The number of carbonyl (C=O) groups is 2. The highest BCUT2D eigenvalue weighted by molar-refractivity contribution is 6.36. The first-order chi connectivity index (χ1) is 8.07. The molecule has 99 valence electrons. The van der Waals surface area contributed by atoms with Gasteiger partial charge in [-0.2, -0.15) is 0 Å². The number of carbonyl (C=O) groups excluding carboxylic acids is 2. The lowest BCUT2D eigenvalue weighted by Gasteiger charge is -2.44. The van der Waals surface area contributed by atoms with Gasteiger partial charge < -0.3 is 14.8 Å². The Kier molecular flexibility index (Phi) is 2.87. The van der Waals surface area contributed by atoms with Gasteiger partial charge in [0.05, 0.1) is 0 Å². The molecule has 0 aromatic carbocycles. The van der Waals surface area contributed by atoms with Crippen molar-refractivity contribution in [2.24, 2.45) is 0 Å². The van der Waals surface area contributed by atoms with Gasteiger partial charge in [-0.25, -0.2) is 9.59 Å². The second-order valence-corrected chi connectivity index (χ2v) is 5.09. The van der Waals surface area contributed by atoms with E-state index in [0.29, 0.717) is 6.42 Å². The fourth-order valence-corrected chi connectivity index (χ4v) is 3.81. The van der Waals surface area contributed by atoms with Gasteiger partial charge in [0.2, 0.25) is 5.60 Å². The average Bonchev–Trinajstić information content (AvgIpc) is 2.71. The maximum Gasteiger partial charge on any atom is 0.409 e. The topological polar surface area (TPSA) is 64.6 Å². The van der Waals surface area contributed by atoms with E-state index in [1.54, 1.807) is 0 Å². The van der Waals surface area contributed by atoms with Crippen molar-refractivity contribution in [3.05, 3.63) is 0 Å². The van der Waals surface area contributed by atoms with Crippen LogP contribution in [0.25, 0.3) is 0 Å². The fraction of sp³-hybridized carbons (Fsp3) is 0.833. The second-order valence-electron chi connectivity index (χ2n) is 5.09. The van der Waals surface area contributed by atoms with E-state index in [1.165, 1.54) is 0 Å². The summed E-state index contributed by atoms with van der Waals surface area (Å²) in [5.74, 6) is -0.279. The first-order valence-electron chi connectivity index (χ1n) is 6.08. The van der Waals surface area contributed by atoms with Crippen molar-refractivity contribution in [2.75, 3.05) is 0 Å². The van der Waals surface area contributed by atoms with Gasteiger partial charge in [0.15, 0.2) is 0 Å². The molecule has 2 heterocycles. The van der Waals surface area contributed by atoms with Gasteiger partial charge in [-0.1, -0.05) is 20.7 Å². The van der Waals surface area contributed by atoms with Crippen molar-refractivity contribution in [2.45, 2.75) is 63.5 Å². The Labute approximate surface area is 108 Å². The van der Waals surface area contributed by atoms with Gasteiger partial charge in [0, 0.05) is 6.42 Å². The summed E-state index contributed by atoms with van der Waals surface area (Å²) < 4.78 is 10.7. The van der Waals surface area contributed by atoms with Crippen LogP contribution in [0.15, 0.2) is 0 Å². The first-order valence-corrected chi connectivity index (χ1v) is 6.08. The third-order valence-corrected chi connectivity index (χ3v) is 4.53. The molecule has 1 saturated carbocycles. The molecule has 0 bridgehead atoms. The largest absolute Gasteiger partial charge is 0.457 e. The smallest absolute Gasteiger partial charge is 0.409 e. The van der Waals surface area contributed by atoms with E-state index in [4.69, 9.17) is 9.47 Å². The first kappa shape index (κ1) is 13.2. The summed E-state index contributed by atoms with van der Waals surface area (Å²) in [4.78, 5) is 23.7. The predicted molar refractivity (Wildman–Crippen MR) is 66.6 cm³/mol. The number of hydrogen-bond acceptors (Lipinski definition) is 4. The monoisotopic (exact) mass is 252 g/mol. The number of nitrogens with one attached hydrogen (secondary N) is 1. The van der Waals surface area contributed by atoms with Crippen molar-refractivity contribution >= 4 is 19.3 Å². The molecule has 4 atom stereocenters. The van der Waals surface area contributed by atoms with Crippen molar-refractivity contribution in [3.63, 3.8) is 0 Å². The molecule has 0 spiro atoms. The summed E-state index contributed by atoms with van der Waals surface area (Å²) in [6.07, 6.45) is 1.53. The van der Waals surface area contributed by atoms with Crippen LogP contribution in [0.4, 0.5) is 4.79 Å². The molecule has 1 N–H and O–H groups in total. The van der Waals surface area contributed by atoms with Crippen molar-refractivity contribution in [3.8, 4) is 0 Å². The molecule has 2 aliphatic heterocycles. The molecule has 1 amide bonds. The minimum absolute atomic E-state index is 0. The minimum Gasteiger partial charge on any atom is -0.457 e. The van der Waals surface area contributed by atoms with Gasteiger partial charge in [-0.15, -0.1) is 0 Å². The molecular weight excluding hydrogens is 233 g/mol. The lowest BCUT2D eigenvalue weighted by atomic mass is 9.48. The van der Waals surface area contributed by atoms with Gasteiger partial charge >= 0.3 is 12.1 Å². The molecule has 0 aromatic heterocycles. The SMILES string of the molecule is C.C[B][C@H]1CCC[C@]23OC(=O)N[C@]12[C@@H](C)OC3=O. The third kappa shape index (κ3) is 1.18. The van der Waals surface area contributed by atoms with Gasteiger partial charge in [-0.3, -0.25) is 0 Å². The Hall–Kier alpha value is -1.20. The Morgan fingerprint density at radius 3 is 2.83 bits per heavy atom. The molecular formula is C12H19BNO4.